The number of carbonyl (C=O) groups excluding carboxylic acids is 3. The third kappa shape index (κ3) is 5.29. The Labute approximate surface area is 147 Å². The van der Waals surface area contributed by atoms with E-state index in [1.165, 1.54) is 36.4 Å². The summed E-state index contributed by atoms with van der Waals surface area (Å²) in [5, 5.41) is 0.472. The van der Waals surface area contributed by atoms with Gasteiger partial charge in [0.25, 0.3) is 11.8 Å². The van der Waals surface area contributed by atoms with E-state index >= 15 is 0 Å². The smallest absolute Gasteiger partial charge is 0.338 e. The van der Waals surface area contributed by atoms with Crippen LogP contribution in [0.15, 0.2) is 42.5 Å². The lowest BCUT2D eigenvalue weighted by molar-refractivity contribution is -0.125. The summed E-state index contributed by atoms with van der Waals surface area (Å²) in [5.41, 5.74) is 4.93. The summed E-state index contributed by atoms with van der Waals surface area (Å²) in [6.07, 6.45) is 0. The van der Waals surface area contributed by atoms with Crippen molar-refractivity contribution >= 4 is 29.4 Å². The lowest BCUT2D eigenvalue weighted by Crippen LogP contribution is -2.43. The number of rotatable bonds is 4. The molecule has 2 N–H and O–H groups in total. The first-order chi connectivity index (χ1) is 11.9. The normalized spacial score (nSPS) is 10.0. The van der Waals surface area contributed by atoms with E-state index < -0.39 is 30.2 Å². The Balaban J connectivity index is 1.80. The molecule has 0 bridgehead atoms. The Hall–Kier alpha value is -2.93. The van der Waals surface area contributed by atoms with Crippen molar-refractivity contribution in [2.75, 3.05) is 6.61 Å². The predicted molar refractivity (Wildman–Crippen MR) is 88.5 cm³/mol. The Morgan fingerprint density at radius 1 is 1.04 bits per heavy atom. The van der Waals surface area contributed by atoms with E-state index in [4.69, 9.17) is 16.3 Å². The number of hydrazine groups is 1. The van der Waals surface area contributed by atoms with Crippen LogP contribution in [-0.4, -0.2) is 24.4 Å². The van der Waals surface area contributed by atoms with Crippen LogP contribution in [0.4, 0.5) is 4.39 Å². The lowest BCUT2D eigenvalue weighted by Gasteiger charge is -2.08. The zero-order valence-corrected chi connectivity index (χ0v) is 13.9. The van der Waals surface area contributed by atoms with E-state index in [9.17, 15) is 18.8 Å². The van der Waals surface area contributed by atoms with Gasteiger partial charge in [-0.2, -0.15) is 0 Å². The van der Waals surface area contributed by atoms with E-state index in [0.29, 0.717) is 10.6 Å². The third-order valence-corrected chi connectivity index (χ3v) is 3.42. The molecule has 6 nitrogen and oxygen atoms in total. The van der Waals surface area contributed by atoms with Crippen molar-refractivity contribution in [3.63, 3.8) is 0 Å². The zero-order chi connectivity index (χ0) is 18.4. The van der Waals surface area contributed by atoms with Gasteiger partial charge in [-0.3, -0.25) is 20.4 Å². The van der Waals surface area contributed by atoms with Gasteiger partial charge in [0.15, 0.2) is 6.61 Å². The molecule has 2 amide bonds. The van der Waals surface area contributed by atoms with Crippen molar-refractivity contribution in [1.82, 2.24) is 10.9 Å². The number of benzene rings is 2. The van der Waals surface area contributed by atoms with Gasteiger partial charge < -0.3 is 4.74 Å². The van der Waals surface area contributed by atoms with Crippen LogP contribution in [0.3, 0.4) is 0 Å². The monoisotopic (exact) mass is 364 g/mol. The lowest BCUT2D eigenvalue weighted by atomic mass is 10.1. The first kappa shape index (κ1) is 18.4. The minimum Gasteiger partial charge on any atom is -0.452 e. The zero-order valence-electron chi connectivity index (χ0n) is 13.1. The number of esters is 1. The average molecular weight is 365 g/mol. The summed E-state index contributed by atoms with van der Waals surface area (Å²) >= 11 is 5.71. The van der Waals surface area contributed by atoms with E-state index in [0.717, 1.165) is 6.07 Å². The van der Waals surface area contributed by atoms with Crippen LogP contribution in [0.25, 0.3) is 0 Å². The van der Waals surface area contributed by atoms with Crippen molar-refractivity contribution in [2.24, 2.45) is 0 Å². The summed E-state index contributed by atoms with van der Waals surface area (Å²) in [4.78, 5) is 35.1. The summed E-state index contributed by atoms with van der Waals surface area (Å²) in [6, 6.07) is 9.87. The van der Waals surface area contributed by atoms with Gasteiger partial charge in [0.1, 0.15) is 5.82 Å². The van der Waals surface area contributed by atoms with Crippen LogP contribution in [0.2, 0.25) is 5.02 Å². The summed E-state index contributed by atoms with van der Waals surface area (Å²) < 4.78 is 18.1. The SMILES string of the molecule is Cc1ccc(C(=O)OCC(=O)NNC(=O)c2ccc(Cl)cc2)cc1F. The molecule has 0 saturated heterocycles. The summed E-state index contributed by atoms with van der Waals surface area (Å²) in [6.45, 7) is 0.927. The highest BCUT2D eigenvalue weighted by molar-refractivity contribution is 6.30. The quantitative estimate of drug-likeness (QED) is 0.644. The minimum atomic E-state index is -0.849. The minimum absolute atomic E-state index is 0.0129. The van der Waals surface area contributed by atoms with Crippen molar-refractivity contribution in [3.05, 3.63) is 70.0 Å². The molecule has 2 aromatic carbocycles. The van der Waals surface area contributed by atoms with Crippen molar-refractivity contribution < 1.29 is 23.5 Å². The van der Waals surface area contributed by atoms with Crippen LogP contribution in [0, 0.1) is 12.7 Å². The summed E-state index contributed by atoms with van der Waals surface area (Å²) in [5.74, 6) is -2.70. The van der Waals surface area contributed by atoms with Crippen molar-refractivity contribution in [3.8, 4) is 0 Å². The first-order valence-corrected chi connectivity index (χ1v) is 7.52. The third-order valence-electron chi connectivity index (χ3n) is 3.16. The molecular weight excluding hydrogens is 351 g/mol. The highest BCUT2D eigenvalue weighted by Gasteiger charge is 2.13. The Bertz CT molecular complexity index is 809. The fourth-order valence-electron chi connectivity index (χ4n) is 1.77. The van der Waals surface area contributed by atoms with Crippen LogP contribution in [0.5, 0.6) is 0 Å². The molecule has 8 heteroatoms. The molecule has 25 heavy (non-hydrogen) atoms. The van der Waals surface area contributed by atoms with Gasteiger partial charge in [-0.15, -0.1) is 0 Å². The second-order valence-electron chi connectivity index (χ2n) is 5.05. The number of aryl methyl sites for hydroxylation is 1. The van der Waals surface area contributed by atoms with Gasteiger partial charge >= 0.3 is 5.97 Å². The molecule has 0 aromatic heterocycles. The average Bonchev–Trinajstić information content (AvgIpc) is 2.60. The molecule has 0 spiro atoms. The topological polar surface area (TPSA) is 84.5 Å². The van der Waals surface area contributed by atoms with Crippen LogP contribution in [-0.2, 0) is 9.53 Å². The second-order valence-corrected chi connectivity index (χ2v) is 5.49. The number of halogens is 2. The molecule has 0 atom stereocenters. The molecule has 0 aliphatic carbocycles. The van der Waals surface area contributed by atoms with Crippen LogP contribution < -0.4 is 10.9 Å². The Morgan fingerprint density at radius 3 is 2.32 bits per heavy atom. The van der Waals surface area contributed by atoms with Gasteiger partial charge in [0.2, 0.25) is 0 Å². The van der Waals surface area contributed by atoms with Gasteiger partial charge in [-0.1, -0.05) is 17.7 Å². The molecule has 0 radical (unpaired) electrons. The Kier molecular flexibility index (Phi) is 6.08. The molecular formula is C17H14ClFN2O4. The maximum atomic E-state index is 13.4. The van der Waals surface area contributed by atoms with Crippen LogP contribution in [0.1, 0.15) is 26.3 Å². The molecule has 0 aliphatic rings. The molecule has 130 valence electrons. The largest absolute Gasteiger partial charge is 0.452 e. The molecule has 0 fully saturated rings. The molecule has 0 unspecified atom stereocenters. The number of carbonyl (C=O) groups is 3. The van der Waals surface area contributed by atoms with Gasteiger partial charge in [-0.05, 0) is 48.9 Å². The van der Waals surface area contributed by atoms with Gasteiger partial charge in [0.05, 0.1) is 5.56 Å². The maximum absolute atomic E-state index is 13.4. The van der Waals surface area contributed by atoms with E-state index in [1.54, 1.807) is 6.92 Å². The second kappa shape index (κ2) is 8.25. The molecule has 0 aliphatic heterocycles. The Morgan fingerprint density at radius 2 is 1.68 bits per heavy atom. The van der Waals surface area contributed by atoms with Crippen molar-refractivity contribution in [1.29, 1.82) is 0 Å². The predicted octanol–water partition coefficient (Wildman–Crippen LogP) is 2.41. The highest BCUT2D eigenvalue weighted by atomic mass is 35.5. The van der Waals surface area contributed by atoms with Crippen LogP contribution >= 0.6 is 11.6 Å². The first-order valence-electron chi connectivity index (χ1n) is 7.15. The number of hydrogen-bond acceptors (Lipinski definition) is 4. The fraction of sp³-hybridized carbons (Fsp3) is 0.118. The highest BCUT2D eigenvalue weighted by Crippen LogP contribution is 2.10. The summed E-state index contributed by atoms with van der Waals surface area (Å²) in [7, 11) is 0. The number of hydrogen-bond donors (Lipinski definition) is 2. The number of nitrogens with one attached hydrogen (secondary N) is 2. The van der Waals surface area contributed by atoms with Gasteiger partial charge in [0, 0.05) is 10.6 Å². The van der Waals surface area contributed by atoms with E-state index in [1.807, 2.05) is 0 Å². The molecule has 0 heterocycles. The standard InChI is InChI=1S/C17H14ClFN2O4/c1-10-2-3-12(8-14(10)19)17(24)25-9-15(22)20-21-16(23)11-4-6-13(18)7-5-11/h2-8H,9H2,1H3,(H,20,22)(H,21,23). The molecule has 2 rings (SSSR count). The van der Waals surface area contributed by atoms with Gasteiger partial charge in [-0.25, -0.2) is 9.18 Å². The fourth-order valence-corrected chi connectivity index (χ4v) is 1.90. The van der Waals surface area contributed by atoms with Crippen molar-refractivity contribution in [2.45, 2.75) is 6.92 Å². The molecule has 2 aromatic rings. The maximum Gasteiger partial charge on any atom is 0.338 e. The molecule has 0 saturated carbocycles. The number of ether oxygens (including phenoxy) is 1. The number of amides is 2. The van der Waals surface area contributed by atoms with E-state index in [-0.39, 0.29) is 11.1 Å². The van der Waals surface area contributed by atoms with E-state index in [2.05, 4.69) is 10.9 Å².